The highest BCUT2D eigenvalue weighted by atomic mass is 32.2. The lowest BCUT2D eigenvalue weighted by atomic mass is 10.3. The fourth-order valence-corrected chi connectivity index (χ4v) is 3.80. The van der Waals surface area contributed by atoms with Gasteiger partial charge in [0, 0.05) is 25.7 Å². The van der Waals surface area contributed by atoms with Crippen molar-refractivity contribution in [1.29, 1.82) is 0 Å². The van der Waals surface area contributed by atoms with Crippen molar-refractivity contribution < 1.29 is 17.9 Å². The van der Waals surface area contributed by atoms with E-state index in [1.807, 2.05) is 6.92 Å². The van der Waals surface area contributed by atoms with Crippen molar-refractivity contribution in [3.05, 3.63) is 59.1 Å². The molecule has 1 amide bonds. The molecule has 0 radical (unpaired) electrons. The fourth-order valence-electron chi connectivity index (χ4n) is 2.77. The molecule has 160 valence electrons. The number of amides is 1. The first-order valence-corrected chi connectivity index (χ1v) is 10.9. The summed E-state index contributed by atoms with van der Waals surface area (Å²) in [6, 6.07) is 11.3. The van der Waals surface area contributed by atoms with Gasteiger partial charge in [0.2, 0.25) is 15.9 Å². The summed E-state index contributed by atoms with van der Waals surface area (Å²) in [5, 5.41) is 6.82. The lowest BCUT2D eigenvalue weighted by molar-refractivity contribution is -0.120. The topological polar surface area (TPSA) is 124 Å². The first kappa shape index (κ1) is 21.5. The second-order valence-electron chi connectivity index (χ2n) is 6.34. The Hall–Kier alpha value is -3.18. The van der Waals surface area contributed by atoms with E-state index in [9.17, 15) is 18.0 Å². The minimum absolute atomic E-state index is 0.0314. The number of carbonyl (C=O) groups is 1. The normalized spacial score (nSPS) is 11.5. The van der Waals surface area contributed by atoms with Crippen LogP contribution in [-0.2, 0) is 21.4 Å². The van der Waals surface area contributed by atoms with E-state index in [4.69, 9.17) is 4.74 Å². The highest BCUT2D eigenvalue weighted by Gasteiger charge is 2.14. The molecule has 0 aliphatic heterocycles. The molecular formula is C19H23N5O5S. The van der Waals surface area contributed by atoms with E-state index >= 15 is 0 Å². The number of fused-ring (bicyclic) bond motifs is 1. The third kappa shape index (κ3) is 5.24. The van der Waals surface area contributed by atoms with E-state index in [2.05, 4.69) is 15.1 Å². The molecule has 10 nitrogen and oxygen atoms in total. The molecule has 1 aromatic carbocycles. The zero-order valence-electron chi connectivity index (χ0n) is 16.4. The Morgan fingerprint density at radius 2 is 1.90 bits per heavy atom. The average molecular weight is 433 g/mol. The Morgan fingerprint density at radius 1 is 1.13 bits per heavy atom. The standard InChI is InChI=1S/C19H23N5O5S/c1-2-29-15-6-8-16(9-7-15)30(27,28)21-11-10-18(25)20-12-14-24-19(26)23-13-4-3-5-17(23)22-24/h3-9,13,21H,2,10-12,14H2,1H3,(H,20,25). The molecule has 0 fully saturated rings. The van der Waals surface area contributed by atoms with Crippen molar-refractivity contribution in [2.75, 3.05) is 19.7 Å². The number of hydrogen-bond donors (Lipinski definition) is 2. The molecule has 2 N–H and O–H groups in total. The van der Waals surface area contributed by atoms with E-state index in [-0.39, 0.29) is 42.5 Å². The average Bonchev–Trinajstić information content (AvgIpc) is 3.04. The highest BCUT2D eigenvalue weighted by Crippen LogP contribution is 2.15. The van der Waals surface area contributed by atoms with E-state index in [0.29, 0.717) is 18.0 Å². The van der Waals surface area contributed by atoms with Gasteiger partial charge in [0.15, 0.2) is 5.65 Å². The van der Waals surface area contributed by atoms with Gasteiger partial charge in [-0.25, -0.2) is 22.6 Å². The second-order valence-corrected chi connectivity index (χ2v) is 8.10. The number of nitrogens with zero attached hydrogens (tertiary/aromatic N) is 3. The maximum absolute atomic E-state index is 12.3. The van der Waals surface area contributed by atoms with Gasteiger partial charge >= 0.3 is 5.69 Å². The summed E-state index contributed by atoms with van der Waals surface area (Å²) >= 11 is 0. The monoisotopic (exact) mass is 433 g/mol. The number of sulfonamides is 1. The van der Waals surface area contributed by atoms with Gasteiger partial charge in [-0.3, -0.25) is 9.20 Å². The molecule has 0 saturated carbocycles. The van der Waals surface area contributed by atoms with Crippen LogP contribution in [0.1, 0.15) is 13.3 Å². The van der Waals surface area contributed by atoms with Crippen molar-refractivity contribution >= 4 is 21.6 Å². The third-order valence-corrected chi connectivity index (χ3v) is 5.70. The van der Waals surface area contributed by atoms with Crippen molar-refractivity contribution in [3.8, 4) is 5.75 Å². The molecule has 0 spiro atoms. The minimum atomic E-state index is -3.72. The van der Waals surface area contributed by atoms with Crippen LogP contribution in [0.15, 0.2) is 58.4 Å². The Kier molecular flexibility index (Phi) is 6.85. The predicted molar refractivity (Wildman–Crippen MR) is 110 cm³/mol. The summed E-state index contributed by atoms with van der Waals surface area (Å²) in [7, 11) is -3.72. The number of rotatable bonds is 10. The Labute approximate surface area is 173 Å². The van der Waals surface area contributed by atoms with Crippen LogP contribution in [0, 0.1) is 0 Å². The van der Waals surface area contributed by atoms with Gasteiger partial charge in [-0.15, -0.1) is 5.10 Å². The zero-order chi connectivity index (χ0) is 21.6. The zero-order valence-corrected chi connectivity index (χ0v) is 17.3. The Morgan fingerprint density at radius 3 is 2.60 bits per heavy atom. The minimum Gasteiger partial charge on any atom is -0.494 e. The van der Waals surface area contributed by atoms with Gasteiger partial charge < -0.3 is 10.1 Å². The maximum Gasteiger partial charge on any atom is 0.350 e. The first-order chi connectivity index (χ1) is 14.4. The fraction of sp³-hybridized carbons (Fsp3) is 0.316. The number of carbonyl (C=O) groups excluding carboxylic acids is 1. The molecule has 0 aliphatic carbocycles. The molecule has 0 bridgehead atoms. The van der Waals surface area contributed by atoms with Gasteiger partial charge in [-0.2, -0.15) is 0 Å². The Bertz CT molecular complexity index is 1170. The van der Waals surface area contributed by atoms with Crippen molar-refractivity contribution in [2.45, 2.75) is 24.8 Å². The predicted octanol–water partition coefficient (Wildman–Crippen LogP) is 0.380. The molecule has 0 aliphatic rings. The number of nitrogens with one attached hydrogen (secondary N) is 2. The van der Waals surface area contributed by atoms with Gasteiger partial charge in [-0.1, -0.05) is 6.07 Å². The van der Waals surface area contributed by atoms with E-state index in [1.54, 1.807) is 36.5 Å². The van der Waals surface area contributed by atoms with Crippen molar-refractivity contribution in [3.63, 3.8) is 0 Å². The van der Waals surface area contributed by atoms with Crippen LogP contribution in [0.2, 0.25) is 0 Å². The molecular weight excluding hydrogens is 410 g/mol. The van der Waals surface area contributed by atoms with Crippen LogP contribution in [0.3, 0.4) is 0 Å². The van der Waals surface area contributed by atoms with Crippen molar-refractivity contribution in [1.82, 2.24) is 24.2 Å². The SMILES string of the molecule is CCOc1ccc(S(=O)(=O)NCCC(=O)NCCn2nc3ccccn3c2=O)cc1. The summed E-state index contributed by atoms with van der Waals surface area (Å²) < 4.78 is 34.9. The van der Waals surface area contributed by atoms with Crippen molar-refractivity contribution in [2.24, 2.45) is 0 Å². The summed E-state index contributed by atoms with van der Waals surface area (Å²) in [5.41, 5.74) is 0.237. The van der Waals surface area contributed by atoms with Crippen LogP contribution in [0.4, 0.5) is 0 Å². The van der Waals surface area contributed by atoms with Crippen LogP contribution >= 0.6 is 0 Å². The molecule has 11 heteroatoms. The first-order valence-electron chi connectivity index (χ1n) is 9.44. The van der Waals surface area contributed by atoms with Gasteiger partial charge in [-0.05, 0) is 43.3 Å². The quantitative estimate of drug-likeness (QED) is 0.476. The highest BCUT2D eigenvalue weighted by molar-refractivity contribution is 7.89. The van der Waals surface area contributed by atoms with E-state index < -0.39 is 10.0 Å². The maximum atomic E-state index is 12.3. The summed E-state index contributed by atoms with van der Waals surface area (Å²) in [6.45, 7) is 2.70. The van der Waals surface area contributed by atoms with E-state index in [0.717, 1.165) is 0 Å². The number of hydrogen-bond acceptors (Lipinski definition) is 6. The van der Waals surface area contributed by atoms with Crippen LogP contribution in [0.25, 0.3) is 5.65 Å². The van der Waals surface area contributed by atoms with E-state index in [1.165, 1.54) is 21.2 Å². The third-order valence-electron chi connectivity index (χ3n) is 4.22. The molecule has 2 heterocycles. The largest absolute Gasteiger partial charge is 0.494 e. The van der Waals surface area contributed by atoms with Gasteiger partial charge in [0.05, 0.1) is 18.0 Å². The summed E-state index contributed by atoms with van der Waals surface area (Å²) in [5.74, 6) is 0.252. The molecule has 3 aromatic rings. The lowest BCUT2D eigenvalue weighted by Gasteiger charge is -2.08. The summed E-state index contributed by atoms with van der Waals surface area (Å²) in [4.78, 5) is 24.2. The molecule has 0 saturated heterocycles. The molecule has 30 heavy (non-hydrogen) atoms. The van der Waals surface area contributed by atoms with Crippen LogP contribution < -0.4 is 20.5 Å². The molecule has 0 atom stereocenters. The molecule has 3 rings (SSSR count). The number of ether oxygens (including phenoxy) is 1. The van der Waals surface area contributed by atoms with Crippen LogP contribution in [0.5, 0.6) is 5.75 Å². The number of benzene rings is 1. The van der Waals surface area contributed by atoms with Gasteiger partial charge in [0.25, 0.3) is 0 Å². The Balaban J connectivity index is 1.44. The van der Waals surface area contributed by atoms with Crippen LogP contribution in [-0.4, -0.2) is 48.2 Å². The second kappa shape index (κ2) is 9.55. The summed E-state index contributed by atoms with van der Waals surface area (Å²) in [6.07, 6.45) is 1.59. The number of pyridine rings is 1. The van der Waals surface area contributed by atoms with Gasteiger partial charge in [0.1, 0.15) is 5.75 Å². The smallest absolute Gasteiger partial charge is 0.350 e. The molecule has 2 aromatic heterocycles. The lowest BCUT2D eigenvalue weighted by Crippen LogP contribution is -2.34. The number of aromatic nitrogens is 3. The molecule has 0 unspecified atom stereocenters.